The van der Waals surface area contributed by atoms with Crippen molar-refractivity contribution in [2.24, 2.45) is 0 Å². The molecule has 8 nitrogen and oxygen atoms in total. The Bertz CT molecular complexity index is 1030. The Morgan fingerprint density at radius 2 is 1.50 bits per heavy atom. The van der Waals surface area contributed by atoms with Crippen LogP contribution >= 0.6 is 11.6 Å². The summed E-state index contributed by atoms with van der Waals surface area (Å²) >= 11 is 6.12. The van der Waals surface area contributed by atoms with E-state index in [1.807, 2.05) is 0 Å². The van der Waals surface area contributed by atoms with Gasteiger partial charge >= 0.3 is 0 Å². The van der Waals surface area contributed by atoms with Crippen LogP contribution in [0.3, 0.4) is 0 Å². The molecular weight excluding hydrogens is 415 g/mol. The molecule has 1 heterocycles. The zero-order valence-electron chi connectivity index (χ0n) is 16.7. The second kappa shape index (κ2) is 9.36. The SMILES string of the molecule is COc1cc(Nc2nc(Nc3cc(OC)c(Cl)cc3OC)ncc2F)cc(OC)c1. The van der Waals surface area contributed by atoms with Crippen molar-refractivity contribution in [3.05, 3.63) is 47.4 Å². The first kappa shape index (κ1) is 21.3. The molecule has 0 fully saturated rings. The number of aromatic nitrogens is 2. The van der Waals surface area contributed by atoms with Gasteiger partial charge in [-0.2, -0.15) is 4.98 Å². The Morgan fingerprint density at radius 3 is 2.10 bits per heavy atom. The lowest BCUT2D eigenvalue weighted by Crippen LogP contribution is -2.04. The minimum absolute atomic E-state index is 0.0392. The summed E-state index contributed by atoms with van der Waals surface area (Å²) in [5, 5.41) is 6.27. The van der Waals surface area contributed by atoms with Crippen molar-refractivity contribution in [2.45, 2.75) is 0 Å². The maximum absolute atomic E-state index is 14.3. The highest BCUT2D eigenvalue weighted by molar-refractivity contribution is 6.32. The third-order valence-electron chi connectivity index (χ3n) is 4.08. The number of hydrogen-bond acceptors (Lipinski definition) is 8. The highest BCUT2D eigenvalue weighted by Gasteiger charge is 2.14. The molecule has 10 heteroatoms. The molecule has 2 aromatic carbocycles. The quantitative estimate of drug-likeness (QED) is 0.523. The van der Waals surface area contributed by atoms with Crippen LogP contribution in [-0.2, 0) is 0 Å². The first-order valence-electron chi connectivity index (χ1n) is 8.68. The van der Waals surface area contributed by atoms with Crippen molar-refractivity contribution in [3.63, 3.8) is 0 Å². The van der Waals surface area contributed by atoms with Gasteiger partial charge in [-0.25, -0.2) is 9.37 Å². The molecule has 0 radical (unpaired) electrons. The largest absolute Gasteiger partial charge is 0.497 e. The van der Waals surface area contributed by atoms with E-state index >= 15 is 0 Å². The van der Waals surface area contributed by atoms with Gasteiger partial charge in [-0.05, 0) is 0 Å². The fourth-order valence-electron chi connectivity index (χ4n) is 2.61. The minimum Gasteiger partial charge on any atom is -0.497 e. The smallest absolute Gasteiger partial charge is 0.229 e. The molecule has 0 bridgehead atoms. The zero-order chi connectivity index (χ0) is 21.7. The molecule has 158 valence electrons. The second-order valence-electron chi connectivity index (χ2n) is 5.93. The predicted molar refractivity (Wildman–Crippen MR) is 113 cm³/mol. The number of ether oxygens (including phenoxy) is 4. The van der Waals surface area contributed by atoms with Gasteiger partial charge in [0.05, 0.1) is 45.3 Å². The van der Waals surface area contributed by atoms with Crippen LogP contribution in [-0.4, -0.2) is 38.4 Å². The summed E-state index contributed by atoms with van der Waals surface area (Å²) in [7, 11) is 6.05. The molecule has 30 heavy (non-hydrogen) atoms. The highest BCUT2D eigenvalue weighted by Crippen LogP contribution is 2.37. The van der Waals surface area contributed by atoms with Crippen LogP contribution in [0.2, 0.25) is 5.02 Å². The van der Waals surface area contributed by atoms with Gasteiger partial charge in [0.15, 0.2) is 11.6 Å². The molecule has 0 unspecified atom stereocenters. The third-order valence-corrected chi connectivity index (χ3v) is 4.37. The van der Waals surface area contributed by atoms with E-state index < -0.39 is 5.82 Å². The lowest BCUT2D eigenvalue weighted by molar-refractivity contribution is 0.395. The van der Waals surface area contributed by atoms with E-state index in [4.69, 9.17) is 30.5 Å². The average Bonchev–Trinajstić information content (AvgIpc) is 2.76. The molecule has 3 rings (SSSR count). The van der Waals surface area contributed by atoms with Gasteiger partial charge in [-0.3, -0.25) is 0 Å². The number of anilines is 4. The van der Waals surface area contributed by atoms with Crippen molar-refractivity contribution < 1.29 is 23.3 Å². The first-order chi connectivity index (χ1) is 14.5. The van der Waals surface area contributed by atoms with Gasteiger partial charge in [0.2, 0.25) is 5.95 Å². The number of hydrogen-bond donors (Lipinski definition) is 2. The number of rotatable bonds is 8. The Labute approximate surface area is 177 Å². The Hall–Kier alpha value is -3.46. The lowest BCUT2D eigenvalue weighted by Gasteiger charge is -2.14. The fourth-order valence-corrected chi connectivity index (χ4v) is 2.84. The predicted octanol–water partition coefficient (Wildman–Crippen LogP) is 4.79. The van der Waals surface area contributed by atoms with Crippen LogP contribution in [0, 0.1) is 5.82 Å². The number of benzene rings is 2. The Morgan fingerprint density at radius 1 is 0.833 bits per heavy atom. The molecule has 0 atom stereocenters. The number of methoxy groups -OCH3 is 4. The van der Waals surface area contributed by atoms with Crippen molar-refractivity contribution in [1.29, 1.82) is 0 Å². The monoisotopic (exact) mass is 434 g/mol. The number of nitrogens with one attached hydrogen (secondary N) is 2. The summed E-state index contributed by atoms with van der Waals surface area (Å²) in [6, 6.07) is 8.30. The molecular formula is C20H20ClFN4O4. The van der Waals surface area contributed by atoms with E-state index in [0.717, 1.165) is 6.20 Å². The van der Waals surface area contributed by atoms with Gasteiger partial charge in [-0.15, -0.1) is 0 Å². The van der Waals surface area contributed by atoms with E-state index in [2.05, 4.69) is 20.6 Å². The first-order valence-corrected chi connectivity index (χ1v) is 9.06. The molecule has 2 N–H and O–H groups in total. The molecule has 3 aromatic rings. The van der Waals surface area contributed by atoms with Gasteiger partial charge in [0, 0.05) is 36.0 Å². The van der Waals surface area contributed by atoms with Gasteiger partial charge in [0.25, 0.3) is 0 Å². The summed E-state index contributed by atoms with van der Waals surface area (Å²) < 4.78 is 35.3. The summed E-state index contributed by atoms with van der Waals surface area (Å²) in [5.41, 5.74) is 1.03. The maximum atomic E-state index is 14.3. The number of nitrogens with zero attached hydrogens (tertiary/aromatic N) is 2. The van der Waals surface area contributed by atoms with Crippen molar-refractivity contribution in [1.82, 2.24) is 9.97 Å². The van der Waals surface area contributed by atoms with E-state index in [9.17, 15) is 4.39 Å². The second-order valence-corrected chi connectivity index (χ2v) is 6.34. The van der Waals surface area contributed by atoms with E-state index in [-0.39, 0.29) is 11.8 Å². The van der Waals surface area contributed by atoms with Crippen LogP contribution in [0.15, 0.2) is 36.5 Å². The van der Waals surface area contributed by atoms with Crippen molar-refractivity contribution in [3.8, 4) is 23.0 Å². The summed E-state index contributed by atoms with van der Waals surface area (Å²) in [6.07, 6.45) is 1.05. The highest BCUT2D eigenvalue weighted by atomic mass is 35.5. The van der Waals surface area contributed by atoms with Crippen LogP contribution in [0.1, 0.15) is 0 Å². The van der Waals surface area contributed by atoms with Crippen molar-refractivity contribution in [2.75, 3.05) is 39.1 Å². The van der Waals surface area contributed by atoms with E-state index in [1.165, 1.54) is 28.4 Å². The summed E-state index contributed by atoms with van der Waals surface area (Å²) in [5.74, 6) is 1.43. The molecule has 0 spiro atoms. The van der Waals surface area contributed by atoms with Crippen LogP contribution in [0.5, 0.6) is 23.0 Å². The van der Waals surface area contributed by atoms with Crippen molar-refractivity contribution >= 4 is 34.7 Å². The number of halogens is 2. The molecule has 0 aliphatic rings. The van der Waals surface area contributed by atoms with Crippen LogP contribution < -0.4 is 29.6 Å². The lowest BCUT2D eigenvalue weighted by atomic mass is 10.2. The molecule has 0 saturated carbocycles. The fraction of sp³-hybridized carbons (Fsp3) is 0.200. The average molecular weight is 435 g/mol. The standard InChI is InChI=1S/C20H20ClFN4O4/c1-27-12-5-11(6-13(7-12)28-2)24-19-15(22)10-23-20(26-19)25-16-9-17(29-3)14(21)8-18(16)30-4/h5-10H,1-4H3,(H2,23,24,25,26). The van der Waals surface area contributed by atoms with Gasteiger partial charge in [-0.1, -0.05) is 11.6 Å². The molecule has 0 aliphatic heterocycles. The summed E-state index contributed by atoms with van der Waals surface area (Å²) in [6.45, 7) is 0. The molecule has 0 saturated heterocycles. The molecule has 0 aliphatic carbocycles. The van der Waals surface area contributed by atoms with Gasteiger partial charge in [0.1, 0.15) is 23.0 Å². The molecule has 1 aromatic heterocycles. The Balaban J connectivity index is 1.91. The van der Waals surface area contributed by atoms with Crippen LogP contribution in [0.25, 0.3) is 0 Å². The van der Waals surface area contributed by atoms with E-state index in [0.29, 0.717) is 39.4 Å². The van der Waals surface area contributed by atoms with Crippen LogP contribution in [0.4, 0.5) is 27.5 Å². The normalized spacial score (nSPS) is 10.3. The zero-order valence-corrected chi connectivity index (χ0v) is 17.5. The maximum Gasteiger partial charge on any atom is 0.229 e. The van der Waals surface area contributed by atoms with Gasteiger partial charge < -0.3 is 29.6 Å². The topological polar surface area (TPSA) is 86.8 Å². The molecule has 0 amide bonds. The third kappa shape index (κ3) is 4.74. The van der Waals surface area contributed by atoms with E-state index in [1.54, 1.807) is 30.3 Å². The Kier molecular flexibility index (Phi) is 6.63. The minimum atomic E-state index is -0.636. The summed E-state index contributed by atoms with van der Waals surface area (Å²) in [4.78, 5) is 8.19.